The van der Waals surface area contributed by atoms with Crippen LogP contribution in [0.25, 0.3) is 0 Å². The second-order valence-electron chi connectivity index (χ2n) is 5.30. The van der Waals surface area contributed by atoms with Crippen LogP contribution in [0, 0.1) is 0 Å². The second kappa shape index (κ2) is 4.53. The predicted octanol–water partition coefficient (Wildman–Crippen LogP) is 2.18. The molecule has 0 saturated carbocycles. The Morgan fingerprint density at radius 2 is 1.27 bits per heavy atom. The predicted molar refractivity (Wildman–Crippen MR) is 79.2 cm³/mol. The highest BCUT2D eigenvalue weighted by Gasteiger charge is 2.43. The molecule has 0 spiro atoms. The van der Waals surface area contributed by atoms with E-state index in [0.29, 0.717) is 23.2 Å². The van der Waals surface area contributed by atoms with Crippen molar-refractivity contribution in [3.05, 3.63) is 65.2 Å². The third-order valence-electron chi connectivity index (χ3n) is 4.04. The first kappa shape index (κ1) is 12.8. The molecule has 0 fully saturated rings. The Hall–Kier alpha value is -2.95. The van der Waals surface area contributed by atoms with Crippen molar-refractivity contribution in [1.29, 1.82) is 0 Å². The third-order valence-corrected chi connectivity index (χ3v) is 4.04. The van der Waals surface area contributed by atoms with Gasteiger partial charge >= 0.3 is 0 Å². The molecule has 0 radical (unpaired) electrons. The normalized spacial score (nSPS) is 16.8. The van der Waals surface area contributed by atoms with Crippen LogP contribution >= 0.6 is 0 Å². The van der Waals surface area contributed by atoms with E-state index in [9.17, 15) is 14.4 Å². The Bertz CT molecular complexity index is 793. The molecule has 0 N–H and O–H groups in total. The largest absolute Gasteiger partial charge is 0.281 e. The van der Waals surface area contributed by atoms with Gasteiger partial charge in [0.1, 0.15) is 0 Å². The minimum Gasteiger partial charge on any atom is -0.273 e. The highest BCUT2D eigenvalue weighted by molar-refractivity contribution is 6.24. The summed E-state index contributed by atoms with van der Waals surface area (Å²) < 4.78 is 0. The van der Waals surface area contributed by atoms with E-state index < -0.39 is 11.8 Å². The van der Waals surface area contributed by atoms with Gasteiger partial charge in [0.25, 0.3) is 11.8 Å². The standard InChI is InChI=1S/C17H12N2O3/c20-15-10-9-11-5-1-4-8-14(11)18(15)19-16(21)12-6-2-3-7-13(12)17(19)22/h1-8H,9-10H2. The number of amides is 3. The van der Waals surface area contributed by atoms with Gasteiger partial charge in [-0.3, -0.25) is 14.4 Å². The molecule has 2 aliphatic rings. The van der Waals surface area contributed by atoms with Crippen LogP contribution in [-0.2, 0) is 11.2 Å². The van der Waals surface area contributed by atoms with Crippen molar-refractivity contribution in [2.75, 3.05) is 5.01 Å². The van der Waals surface area contributed by atoms with Crippen LogP contribution < -0.4 is 5.01 Å². The quantitative estimate of drug-likeness (QED) is 0.757. The van der Waals surface area contributed by atoms with Crippen molar-refractivity contribution in [2.24, 2.45) is 0 Å². The summed E-state index contributed by atoms with van der Waals surface area (Å²) in [6.45, 7) is 0. The Kier molecular flexibility index (Phi) is 2.63. The Labute approximate surface area is 126 Å². The van der Waals surface area contributed by atoms with Crippen molar-refractivity contribution in [3.8, 4) is 0 Å². The summed E-state index contributed by atoms with van der Waals surface area (Å²) in [5.74, 6) is -1.15. The SMILES string of the molecule is O=C1c2ccccc2C(=O)N1N1C(=O)CCc2ccccc21. The molecule has 108 valence electrons. The molecular weight excluding hydrogens is 280 g/mol. The molecule has 5 nitrogen and oxygen atoms in total. The number of benzene rings is 2. The lowest BCUT2D eigenvalue weighted by atomic mass is 10.0. The number of hydrazine groups is 1. The van der Waals surface area contributed by atoms with Crippen molar-refractivity contribution in [3.63, 3.8) is 0 Å². The number of fused-ring (bicyclic) bond motifs is 2. The molecule has 0 bridgehead atoms. The Balaban J connectivity index is 1.85. The summed E-state index contributed by atoms with van der Waals surface area (Å²) in [6, 6.07) is 14.0. The number of hydrogen-bond donors (Lipinski definition) is 0. The van der Waals surface area contributed by atoms with Gasteiger partial charge in [0.2, 0.25) is 5.91 Å². The van der Waals surface area contributed by atoms with E-state index in [1.165, 1.54) is 5.01 Å². The number of rotatable bonds is 1. The summed E-state index contributed by atoms with van der Waals surface area (Å²) in [5.41, 5.74) is 2.23. The van der Waals surface area contributed by atoms with Crippen LogP contribution in [0.2, 0.25) is 0 Å². The molecule has 2 aliphatic heterocycles. The van der Waals surface area contributed by atoms with Gasteiger partial charge in [0.15, 0.2) is 0 Å². The van der Waals surface area contributed by atoms with E-state index in [2.05, 4.69) is 0 Å². The van der Waals surface area contributed by atoms with Crippen LogP contribution in [-0.4, -0.2) is 22.7 Å². The van der Waals surface area contributed by atoms with Gasteiger partial charge in [-0.05, 0) is 30.2 Å². The van der Waals surface area contributed by atoms with E-state index in [1.807, 2.05) is 12.1 Å². The van der Waals surface area contributed by atoms with Gasteiger partial charge in [-0.2, -0.15) is 5.01 Å². The lowest BCUT2D eigenvalue weighted by Crippen LogP contribution is -2.51. The van der Waals surface area contributed by atoms with E-state index in [4.69, 9.17) is 0 Å². The Morgan fingerprint density at radius 3 is 1.95 bits per heavy atom. The van der Waals surface area contributed by atoms with Crippen LogP contribution in [0.5, 0.6) is 0 Å². The minimum absolute atomic E-state index is 0.242. The van der Waals surface area contributed by atoms with Gasteiger partial charge in [0.05, 0.1) is 16.8 Å². The van der Waals surface area contributed by atoms with E-state index in [-0.39, 0.29) is 12.3 Å². The molecule has 22 heavy (non-hydrogen) atoms. The fraction of sp³-hybridized carbons (Fsp3) is 0.118. The zero-order valence-electron chi connectivity index (χ0n) is 11.7. The van der Waals surface area contributed by atoms with E-state index in [1.54, 1.807) is 36.4 Å². The number of nitrogens with zero attached hydrogens (tertiary/aromatic N) is 2. The fourth-order valence-corrected chi connectivity index (χ4v) is 2.99. The van der Waals surface area contributed by atoms with Gasteiger partial charge in [-0.15, -0.1) is 0 Å². The van der Waals surface area contributed by atoms with Crippen molar-refractivity contribution < 1.29 is 14.4 Å². The maximum atomic E-state index is 12.6. The molecule has 0 aliphatic carbocycles. The minimum atomic E-state index is -0.453. The summed E-state index contributed by atoms with van der Waals surface area (Å²) in [4.78, 5) is 37.5. The summed E-state index contributed by atoms with van der Waals surface area (Å²) in [7, 11) is 0. The first-order valence-electron chi connectivity index (χ1n) is 7.07. The number of imide groups is 1. The molecule has 2 aromatic rings. The van der Waals surface area contributed by atoms with Gasteiger partial charge < -0.3 is 0 Å². The van der Waals surface area contributed by atoms with Crippen LogP contribution in [0.15, 0.2) is 48.5 Å². The number of para-hydroxylation sites is 1. The Morgan fingerprint density at radius 1 is 0.682 bits per heavy atom. The highest BCUT2D eigenvalue weighted by Crippen LogP contribution is 2.33. The third kappa shape index (κ3) is 1.62. The second-order valence-corrected chi connectivity index (χ2v) is 5.30. The molecular formula is C17H12N2O3. The van der Waals surface area contributed by atoms with Crippen molar-refractivity contribution >= 4 is 23.4 Å². The topological polar surface area (TPSA) is 57.7 Å². The lowest BCUT2D eigenvalue weighted by molar-refractivity contribution is -0.121. The van der Waals surface area contributed by atoms with E-state index >= 15 is 0 Å². The van der Waals surface area contributed by atoms with Crippen molar-refractivity contribution in [2.45, 2.75) is 12.8 Å². The van der Waals surface area contributed by atoms with Gasteiger partial charge in [0, 0.05) is 6.42 Å². The lowest BCUT2D eigenvalue weighted by Gasteiger charge is -2.34. The molecule has 0 aromatic heterocycles. The summed E-state index contributed by atoms with van der Waals surface area (Å²) >= 11 is 0. The summed E-state index contributed by atoms with van der Waals surface area (Å²) in [5, 5.41) is 2.19. The van der Waals surface area contributed by atoms with Gasteiger partial charge in [-0.25, -0.2) is 5.01 Å². The molecule has 4 rings (SSSR count). The van der Waals surface area contributed by atoms with Crippen molar-refractivity contribution in [1.82, 2.24) is 5.01 Å². The number of carbonyl (C=O) groups is 3. The average Bonchev–Trinajstić information content (AvgIpc) is 2.80. The van der Waals surface area contributed by atoms with Gasteiger partial charge in [-0.1, -0.05) is 30.3 Å². The molecule has 2 heterocycles. The monoisotopic (exact) mass is 292 g/mol. The first-order valence-corrected chi connectivity index (χ1v) is 7.07. The highest BCUT2D eigenvalue weighted by atomic mass is 16.2. The maximum Gasteiger partial charge on any atom is 0.281 e. The number of aryl methyl sites for hydroxylation is 1. The molecule has 2 aromatic carbocycles. The smallest absolute Gasteiger partial charge is 0.273 e. The fourth-order valence-electron chi connectivity index (χ4n) is 2.99. The average molecular weight is 292 g/mol. The van der Waals surface area contributed by atoms with Crippen LogP contribution in [0.1, 0.15) is 32.7 Å². The summed E-state index contributed by atoms with van der Waals surface area (Å²) in [6.07, 6.45) is 0.902. The van der Waals surface area contributed by atoms with Crippen LogP contribution in [0.3, 0.4) is 0 Å². The first-order chi connectivity index (χ1) is 10.7. The zero-order valence-corrected chi connectivity index (χ0v) is 11.7. The number of hydrogen-bond acceptors (Lipinski definition) is 3. The molecule has 0 atom stereocenters. The molecule has 3 amide bonds. The number of anilines is 1. The molecule has 0 saturated heterocycles. The van der Waals surface area contributed by atoms with E-state index in [0.717, 1.165) is 10.6 Å². The number of carbonyl (C=O) groups excluding carboxylic acids is 3. The molecule has 5 heteroatoms. The molecule has 0 unspecified atom stereocenters. The zero-order chi connectivity index (χ0) is 15.3. The maximum absolute atomic E-state index is 12.6. The van der Waals surface area contributed by atoms with Crippen LogP contribution in [0.4, 0.5) is 5.69 Å².